The lowest BCUT2D eigenvalue weighted by Crippen LogP contribution is -2.50. The van der Waals surface area contributed by atoms with Crippen LogP contribution in [0.15, 0.2) is 40.6 Å². The number of carbonyl (C=O) groups excluding carboxylic acids is 1. The molecule has 1 aromatic heterocycles. The molecule has 7 nitrogen and oxygen atoms in total. The molecule has 0 bridgehead atoms. The number of sulfonamides is 1. The van der Waals surface area contributed by atoms with Crippen LogP contribution in [0.3, 0.4) is 0 Å². The summed E-state index contributed by atoms with van der Waals surface area (Å²) in [5.74, 6) is 1.54. The Morgan fingerprint density at radius 1 is 1.03 bits per heavy atom. The van der Waals surface area contributed by atoms with Crippen LogP contribution < -0.4 is 9.47 Å². The van der Waals surface area contributed by atoms with Gasteiger partial charge in [-0.3, -0.25) is 4.79 Å². The zero-order valence-corrected chi connectivity index (χ0v) is 18.3. The first-order valence-electron chi connectivity index (χ1n) is 9.51. The zero-order chi connectivity index (χ0) is 20.9. The smallest absolute Gasteiger partial charge is 0.252 e. The number of aryl methyl sites for hydroxylation is 1. The van der Waals surface area contributed by atoms with Crippen LogP contribution in [-0.4, -0.2) is 63.4 Å². The number of hydrogen-bond donors (Lipinski definition) is 0. The number of benzene rings is 1. The summed E-state index contributed by atoms with van der Waals surface area (Å²) in [6.07, 6.45) is 0.991. The average Bonchev–Trinajstić information content (AvgIpc) is 3.19. The van der Waals surface area contributed by atoms with Crippen LogP contribution in [-0.2, 0) is 14.8 Å². The van der Waals surface area contributed by atoms with Gasteiger partial charge in [-0.2, -0.15) is 4.31 Å². The number of methoxy groups -OCH3 is 1. The summed E-state index contributed by atoms with van der Waals surface area (Å²) in [7, 11) is -1.85. The van der Waals surface area contributed by atoms with E-state index in [1.807, 2.05) is 37.3 Å². The van der Waals surface area contributed by atoms with Crippen molar-refractivity contribution in [3.05, 3.63) is 41.3 Å². The normalized spacial score (nSPS) is 15.3. The van der Waals surface area contributed by atoms with Gasteiger partial charge in [0.15, 0.2) is 0 Å². The van der Waals surface area contributed by atoms with E-state index in [2.05, 4.69) is 0 Å². The molecular weight excluding hydrogens is 412 g/mol. The van der Waals surface area contributed by atoms with Crippen molar-refractivity contribution in [2.24, 2.45) is 0 Å². The predicted octanol–water partition coefficient (Wildman–Crippen LogP) is 2.76. The molecule has 0 spiro atoms. The Kier molecular flexibility index (Phi) is 7.15. The number of amides is 1. The van der Waals surface area contributed by atoms with Crippen molar-refractivity contribution in [1.82, 2.24) is 9.21 Å². The number of nitrogens with zero attached hydrogens (tertiary/aromatic N) is 2. The second-order valence-corrected chi connectivity index (χ2v) is 10.2. The third-order valence-electron chi connectivity index (χ3n) is 4.76. The van der Waals surface area contributed by atoms with Gasteiger partial charge in [-0.1, -0.05) is 0 Å². The Bertz CT molecular complexity index is 917. The Balaban J connectivity index is 1.40. The number of carbonyl (C=O) groups is 1. The van der Waals surface area contributed by atoms with Crippen LogP contribution in [0.2, 0.25) is 0 Å². The van der Waals surface area contributed by atoms with Gasteiger partial charge in [-0.05, 0) is 49.7 Å². The van der Waals surface area contributed by atoms with Crippen LogP contribution in [0.4, 0.5) is 0 Å². The van der Waals surface area contributed by atoms with Crippen molar-refractivity contribution in [2.45, 2.75) is 24.0 Å². The van der Waals surface area contributed by atoms with Crippen LogP contribution in [0.25, 0.3) is 0 Å². The molecule has 158 valence electrons. The minimum Gasteiger partial charge on any atom is -0.497 e. The third kappa shape index (κ3) is 5.49. The molecule has 1 fully saturated rings. The topological polar surface area (TPSA) is 76.2 Å². The summed E-state index contributed by atoms with van der Waals surface area (Å²) >= 11 is 1.28. The molecule has 0 N–H and O–H groups in total. The molecule has 3 rings (SSSR count). The van der Waals surface area contributed by atoms with Crippen LogP contribution in [0.1, 0.15) is 17.7 Å². The second kappa shape index (κ2) is 9.60. The fourth-order valence-corrected chi connectivity index (χ4v) is 5.96. The van der Waals surface area contributed by atoms with Crippen molar-refractivity contribution >= 4 is 27.3 Å². The summed E-state index contributed by atoms with van der Waals surface area (Å²) in [5.41, 5.74) is 0. The molecule has 1 saturated heterocycles. The van der Waals surface area contributed by atoms with Crippen LogP contribution in [0.5, 0.6) is 11.5 Å². The van der Waals surface area contributed by atoms with E-state index in [-0.39, 0.29) is 5.91 Å². The highest BCUT2D eigenvalue weighted by Gasteiger charge is 2.30. The van der Waals surface area contributed by atoms with Gasteiger partial charge in [0.25, 0.3) is 10.0 Å². The molecule has 1 aliphatic heterocycles. The van der Waals surface area contributed by atoms with E-state index < -0.39 is 10.0 Å². The standard InChI is InChI=1S/C20H26N2O5S2/c1-16-5-10-20(28-16)29(24,25)22-13-11-21(12-14-22)19(23)4-3-15-27-18-8-6-17(26-2)7-9-18/h5-10H,3-4,11-15H2,1-2H3. The van der Waals surface area contributed by atoms with Gasteiger partial charge >= 0.3 is 0 Å². The van der Waals surface area contributed by atoms with Crippen LogP contribution in [0, 0.1) is 6.92 Å². The van der Waals surface area contributed by atoms with Gasteiger partial charge in [0.05, 0.1) is 13.7 Å². The third-order valence-corrected chi connectivity index (χ3v) is 8.13. The van der Waals surface area contributed by atoms with Crippen molar-refractivity contribution < 1.29 is 22.7 Å². The van der Waals surface area contributed by atoms with Gasteiger partial charge in [0.2, 0.25) is 5.91 Å². The monoisotopic (exact) mass is 438 g/mol. The summed E-state index contributed by atoms with van der Waals surface area (Å²) in [5, 5.41) is 0. The largest absolute Gasteiger partial charge is 0.497 e. The van der Waals surface area contributed by atoms with Gasteiger partial charge in [-0.25, -0.2) is 8.42 Å². The van der Waals surface area contributed by atoms with Gasteiger partial charge < -0.3 is 14.4 Å². The van der Waals surface area contributed by atoms with Crippen molar-refractivity contribution in [2.75, 3.05) is 39.9 Å². The number of rotatable bonds is 8. The Labute approximate surface area is 175 Å². The highest BCUT2D eigenvalue weighted by atomic mass is 32.2. The molecule has 1 aromatic carbocycles. The summed E-state index contributed by atoms with van der Waals surface area (Å²) in [4.78, 5) is 15.1. The average molecular weight is 439 g/mol. The van der Waals surface area contributed by atoms with Gasteiger partial charge in [-0.15, -0.1) is 11.3 Å². The minimum atomic E-state index is -3.46. The lowest BCUT2D eigenvalue weighted by atomic mass is 10.2. The fourth-order valence-electron chi connectivity index (χ4n) is 3.10. The first kappa shape index (κ1) is 21.6. The van der Waals surface area contributed by atoms with Crippen molar-refractivity contribution in [1.29, 1.82) is 0 Å². The van der Waals surface area contributed by atoms with Crippen molar-refractivity contribution in [3.63, 3.8) is 0 Å². The maximum absolute atomic E-state index is 12.7. The molecule has 9 heteroatoms. The highest BCUT2D eigenvalue weighted by molar-refractivity contribution is 7.91. The molecule has 0 atom stereocenters. The Hall–Kier alpha value is -2.10. The fraction of sp³-hybridized carbons (Fsp3) is 0.450. The zero-order valence-electron chi connectivity index (χ0n) is 16.7. The van der Waals surface area contributed by atoms with Gasteiger partial charge in [0.1, 0.15) is 15.7 Å². The molecular formula is C20H26N2O5S2. The first-order chi connectivity index (χ1) is 13.9. The van der Waals surface area contributed by atoms with Gasteiger partial charge in [0, 0.05) is 37.5 Å². The van der Waals surface area contributed by atoms with E-state index in [1.165, 1.54) is 15.6 Å². The van der Waals surface area contributed by atoms with E-state index in [9.17, 15) is 13.2 Å². The van der Waals surface area contributed by atoms with E-state index in [0.29, 0.717) is 49.8 Å². The maximum atomic E-state index is 12.7. The Morgan fingerprint density at radius 3 is 2.28 bits per heavy atom. The quantitative estimate of drug-likeness (QED) is 0.593. The van der Waals surface area contributed by atoms with Crippen molar-refractivity contribution in [3.8, 4) is 11.5 Å². The lowest BCUT2D eigenvalue weighted by Gasteiger charge is -2.33. The predicted molar refractivity (Wildman–Crippen MR) is 112 cm³/mol. The van der Waals surface area contributed by atoms with E-state index in [0.717, 1.165) is 16.4 Å². The number of piperazine rings is 1. The van der Waals surface area contributed by atoms with E-state index in [1.54, 1.807) is 18.1 Å². The summed E-state index contributed by atoms with van der Waals surface area (Å²) in [6, 6.07) is 10.8. The van der Waals surface area contributed by atoms with Crippen LogP contribution >= 0.6 is 11.3 Å². The summed E-state index contributed by atoms with van der Waals surface area (Å²) in [6.45, 7) is 3.83. The highest BCUT2D eigenvalue weighted by Crippen LogP contribution is 2.25. The molecule has 1 aliphatic rings. The lowest BCUT2D eigenvalue weighted by molar-refractivity contribution is -0.132. The SMILES string of the molecule is COc1ccc(OCCCC(=O)N2CCN(S(=O)(=O)c3ccc(C)s3)CC2)cc1. The van der Waals surface area contributed by atoms with E-state index >= 15 is 0 Å². The summed E-state index contributed by atoms with van der Waals surface area (Å²) < 4.78 is 37.9. The molecule has 0 saturated carbocycles. The molecule has 29 heavy (non-hydrogen) atoms. The number of hydrogen-bond acceptors (Lipinski definition) is 6. The Morgan fingerprint density at radius 2 is 1.69 bits per heavy atom. The molecule has 0 unspecified atom stereocenters. The molecule has 0 aliphatic carbocycles. The second-order valence-electron chi connectivity index (χ2n) is 6.78. The number of thiophene rings is 1. The van der Waals surface area contributed by atoms with E-state index in [4.69, 9.17) is 9.47 Å². The minimum absolute atomic E-state index is 0.0346. The molecule has 1 amide bonds. The maximum Gasteiger partial charge on any atom is 0.252 e. The molecule has 2 aromatic rings. The number of ether oxygens (including phenoxy) is 2. The first-order valence-corrected chi connectivity index (χ1v) is 11.8. The molecule has 2 heterocycles. The molecule has 0 radical (unpaired) electrons.